The quantitative estimate of drug-likeness (QED) is 0.0273. The molecule has 12 atom stereocenters. The third-order valence-corrected chi connectivity index (χ3v) is 13.6. The van der Waals surface area contributed by atoms with Crippen molar-refractivity contribution in [3.05, 3.63) is 0 Å². The summed E-state index contributed by atoms with van der Waals surface area (Å²) in [7, 11) is 0. The van der Waals surface area contributed by atoms with E-state index in [1.54, 1.807) is 0 Å². The molecule has 0 saturated carbocycles. The Morgan fingerprint density at radius 3 is 1.31 bits per heavy atom. The van der Waals surface area contributed by atoms with Crippen molar-refractivity contribution < 1.29 is 64.6 Å². The highest BCUT2D eigenvalue weighted by Crippen LogP contribution is 2.30. The molecule has 0 aromatic carbocycles. The van der Waals surface area contributed by atoms with Gasteiger partial charge in [-0.25, -0.2) is 0 Å². The Morgan fingerprint density at radius 1 is 0.492 bits per heavy atom. The van der Waals surface area contributed by atoms with Crippen LogP contribution >= 0.6 is 0 Å². The first kappa shape index (κ1) is 60.1. The number of nitrogens with one attached hydrogen (secondary N) is 1. The van der Waals surface area contributed by atoms with Gasteiger partial charge in [0.1, 0.15) is 48.8 Å². The van der Waals surface area contributed by atoms with Gasteiger partial charge in [0.2, 0.25) is 5.91 Å². The van der Waals surface area contributed by atoms with E-state index in [0.717, 1.165) is 44.9 Å². The number of carbonyl (C=O) groups is 1. The van der Waals surface area contributed by atoms with E-state index in [2.05, 4.69) is 19.2 Å². The molecule has 386 valence electrons. The largest absolute Gasteiger partial charge is 0.394 e. The van der Waals surface area contributed by atoms with Crippen LogP contribution in [0.25, 0.3) is 0 Å². The van der Waals surface area contributed by atoms with Gasteiger partial charge in [0, 0.05) is 6.42 Å². The fraction of sp³-hybridized carbons (Fsp3) is 0.980. The Hall–Kier alpha value is -1.01. The minimum atomic E-state index is -1.78. The van der Waals surface area contributed by atoms with Crippen molar-refractivity contribution in [1.82, 2.24) is 5.32 Å². The normalized spacial score (nSPS) is 26.9. The lowest BCUT2D eigenvalue weighted by molar-refractivity contribution is -0.359. The monoisotopic (exact) mass is 934 g/mol. The Labute approximate surface area is 393 Å². The van der Waals surface area contributed by atoms with Crippen LogP contribution in [0.2, 0.25) is 0 Å². The first-order chi connectivity index (χ1) is 31.6. The number of unbranched alkanes of at least 4 members (excludes halogenated alkanes) is 29. The first-order valence-electron chi connectivity index (χ1n) is 26.8. The number of hydrogen-bond donors (Lipinski definition) is 9. The molecule has 1 amide bonds. The molecule has 14 heteroatoms. The minimum Gasteiger partial charge on any atom is -0.394 e. The van der Waals surface area contributed by atoms with Gasteiger partial charge in [-0.3, -0.25) is 4.79 Å². The van der Waals surface area contributed by atoms with Crippen LogP contribution in [0.4, 0.5) is 0 Å². The molecule has 2 aliphatic rings. The summed E-state index contributed by atoms with van der Waals surface area (Å²) in [6, 6.07) is -0.818. The van der Waals surface area contributed by atoms with Crippen molar-refractivity contribution >= 4 is 5.91 Å². The van der Waals surface area contributed by atoms with Crippen molar-refractivity contribution in [1.29, 1.82) is 0 Å². The molecule has 0 bridgehead atoms. The molecule has 65 heavy (non-hydrogen) atoms. The molecule has 2 heterocycles. The lowest BCUT2D eigenvalue weighted by Gasteiger charge is -2.46. The van der Waals surface area contributed by atoms with E-state index in [4.69, 9.17) is 18.9 Å². The maximum Gasteiger partial charge on any atom is 0.220 e. The molecule has 0 radical (unpaired) electrons. The van der Waals surface area contributed by atoms with E-state index in [9.17, 15) is 45.6 Å². The fourth-order valence-electron chi connectivity index (χ4n) is 9.18. The second kappa shape index (κ2) is 38.8. The van der Waals surface area contributed by atoms with Crippen molar-refractivity contribution in [2.45, 2.75) is 299 Å². The fourth-order valence-corrected chi connectivity index (χ4v) is 9.18. The second-order valence-electron chi connectivity index (χ2n) is 19.4. The minimum absolute atomic E-state index is 0.222. The molecular formula is C51H99NO13. The van der Waals surface area contributed by atoms with Gasteiger partial charge in [-0.2, -0.15) is 0 Å². The van der Waals surface area contributed by atoms with Crippen LogP contribution in [-0.4, -0.2) is 140 Å². The predicted octanol–water partition coefficient (Wildman–Crippen LogP) is 7.39. The van der Waals surface area contributed by atoms with E-state index in [0.29, 0.717) is 19.3 Å². The highest BCUT2D eigenvalue weighted by atomic mass is 16.7. The molecule has 0 spiro atoms. The topological polar surface area (TPSA) is 228 Å². The second-order valence-corrected chi connectivity index (χ2v) is 19.4. The number of amides is 1. The Kier molecular flexibility index (Phi) is 35.9. The van der Waals surface area contributed by atoms with Crippen molar-refractivity contribution in [2.75, 3.05) is 19.8 Å². The van der Waals surface area contributed by atoms with Gasteiger partial charge in [-0.15, -0.1) is 0 Å². The van der Waals surface area contributed by atoms with E-state index < -0.39 is 86.8 Å². The summed E-state index contributed by atoms with van der Waals surface area (Å²) in [5, 5.41) is 86.4. The number of aliphatic hydroxyl groups excluding tert-OH is 8. The van der Waals surface area contributed by atoms with Crippen LogP contribution in [0.5, 0.6) is 0 Å². The highest BCUT2D eigenvalue weighted by molar-refractivity contribution is 5.76. The summed E-state index contributed by atoms with van der Waals surface area (Å²) in [5.74, 6) is -0.222. The summed E-state index contributed by atoms with van der Waals surface area (Å²) in [6.07, 6.45) is 23.5. The predicted molar refractivity (Wildman–Crippen MR) is 254 cm³/mol. The zero-order valence-electron chi connectivity index (χ0n) is 41.0. The number of carbonyl (C=O) groups excluding carboxylic acids is 1. The van der Waals surface area contributed by atoms with Crippen LogP contribution in [0.3, 0.4) is 0 Å². The van der Waals surface area contributed by atoms with Crippen LogP contribution in [0.1, 0.15) is 226 Å². The van der Waals surface area contributed by atoms with Crippen LogP contribution < -0.4 is 5.32 Å². The molecule has 2 aliphatic heterocycles. The molecule has 9 N–H and O–H groups in total. The highest BCUT2D eigenvalue weighted by Gasteiger charge is 2.51. The summed E-state index contributed by atoms with van der Waals surface area (Å²) in [4.78, 5) is 12.9. The maximum atomic E-state index is 12.9. The summed E-state index contributed by atoms with van der Waals surface area (Å²) in [5.41, 5.74) is 0. The van der Waals surface area contributed by atoms with Gasteiger partial charge in [0.05, 0.1) is 32.0 Å². The van der Waals surface area contributed by atoms with Gasteiger partial charge in [0.25, 0.3) is 0 Å². The zero-order chi connectivity index (χ0) is 47.5. The van der Waals surface area contributed by atoms with E-state index in [-0.39, 0.29) is 12.5 Å². The molecule has 0 aliphatic carbocycles. The Morgan fingerprint density at radius 2 is 0.877 bits per heavy atom. The van der Waals surface area contributed by atoms with Gasteiger partial charge in [-0.1, -0.05) is 206 Å². The van der Waals surface area contributed by atoms with E-state index in [1.807, 2.05) is 0 Å². The first-order valence-corrected chi connectivity index (χ1v) is 26.8. The van der Waals surface area contributed by atoms with Crippen molar-refractivity contribution in [3.8, 4) is 0 Å². The smallest absolute Gasteiger partial charge is 0.220 e. The summed E-state index contributed by atoms with van der Waals surface area (Å²) >= 11 is 0. The number of hydrogen-bond acceptors (Lipinski definition) is 13. The van der Waals surface area contributed by atoms with Gasteiger partial charge in [0.15, 0.2) is 12.6 Å². The molecular weight excluding hydrogens is 835 g/mol. The summed E-state index contributed by atoms with van der Waals surface area (Å²) in [6.45, 7) is 2.74. The lowest BCUT2D eigenvalue weighted by atomic mass is 9.97. The van der Waals surface area contributed by atoms with Crippen molar-refractivity contribution in [2.24, 2.45) is 0 Å². The number of ether oxygens (including phenoxy) is 4. The van der Waals surface area contributed by atoms with Gasteiger partial charge < -0.3 is 65.1 Å². The molecule has 12 unspecified atom stereocenters. The standard InChI is InChI=1S/C51H99NO13/c1-3-5-7-9-10-11-12-13-14-15-16-17-18-19-20-21-22-23-24-25-26-27-28-29-30-31-32-34-40(55)39(52-43(56)35-33-8-6-4-2)38-62-50-48(61)46(59)49(42(37-54)64-50)65-51-47(60)45(58)44(57)41(36-53)63-51/h39-42,44-51,53-55,57-61H,3-38H2,1-2H3,(H,52,56). The van der Waals surface area contributed by atoms with Crippen LogP contribution in [0, 0.1) is 0 Å². The average Bonchev–Trinajstić information content (AvgIpc) is 3.30. The third kappa shape index (κ3) is 26.0. The summed E-state index contributed by atoms with van der Waals surface area (Å²) < 4.78 is 22.6. The molecule has 2 rings (SSSR count). The average molecular weight is 934 g/mol. The lowest BCUT2D eigenvalue weighted by Crippen LogP contribution is -2.65. The Bertz CT molecular complexity index is 1100. The molecule has 0 aromatic rings. The van der Waals surface area contributed by atoms with Gasteiger partial charge in [-0.05, 0) is 12.8 Å². The SMILES string of the molecule is CCCCCCCCCCCCCCCCCCCCCCCCCCCCCC(O)C(COC1OC(CO)C(OC2OC(CO)C(O)C(O)C2O)C(O)C1O)NC(=O)CCCCCC. The van der Waals surface area contributed by atoms with Gasteiger partial charge >= 0.3 is 0 Å². The van der Waals surface area contributed by atoms with Crippen LogP contribution in [0.15, 0.2) is 0 Å². The van der Waals surface area contributed by atoms with E-state index >= 15 is 0 Å². The number of aliphatic hydroxyl groups is 8. The Balaban J connectivity index is 1.61. The van der Waals surface area contributed by atoms with Crippen LogP contribution in [-0.2, 0) is 23.7 Å². The molecule has 0 aromatic heterocycles. The van der Waals surface area contributed by atoms with Crippen molar-refractivity contribution in [3.63, 3.8) is 0 Å². The van der Waals surface area contributed by atoms with E-state index in [1.165, 1.54) is 148 Å². The third-order valence-electron chi connectivity index (χ3n) is 13.6. The maximum absolute atomic E-state index is 12.9. The molecule has 2 saturated heterocycles. The molecule has 14 nitrogen and oxygen atoms in total. The zero-order valence-corrected chi connectivity index (χ0v) is 41.0. The molecule has 2 fully saturated rings. The number of rotatable bonds is 42.